The van der Waals surface area contributed by atoms with Crippen molar-refractivity contribution < 1.29 is 10.0 Å². The zero-order valence-corrected chi connectivity index (χ0v) is 11.2. The summed E-state index contributed by atoms with van der Waals surface area (Å²) in [6, 6.07) is -0.334. The van der Waals surface area contributed by atoms with Crippen LogP contribution >= 0.6 is 0 Å². The molecule has 1 amide bonds. The van der Waals surface area contributed by atoms with Crippen molar-refractivity contribution in [3.8, 4) is 0 Å². The quantitative estimate of drug-likeness (QED) is 0.417. The van der Waals surface area contributed by atoms with Gasteiger partial charge in [-0.1, -0.05) is 40.5 Å². The van der Waals surface area contributed by atoms with Gasteiger partial charge in [-0.3, -0.25) is 10.0 Å². The fourth-order valence-corrected chi connectivity index (χ4v) is 1.57. The first-order valence-corrected chi connectivity index (χ1v) is 6.00. The molecule has 0 aliphatic carbocycles. The standard InChI is InChI=1S/C12H26N2O2/c1-6-7-8-9-13-10(12(2,3)4)11(15)14(5)16/h10,13,16H,6-9H2,1-5H3/t10-/m1/s1. The summed E-state index contributed by atoms with van der Waals surface area (Å²) in [6.45, 7) is 8.94. The highest BCUT2D eigenvalue weighted by Gasteiger charge is 2.32. The van der Waals surface area contributed by atoms with E-state index in [1.165, 1.54) is 7.05 Å². The third-order valence-corrected chi connectivity index (χ3v) is 2.56. The van der Waals surface area contributed by atoms with Crippen molar-refractivity contribution in [2.45, 2.75) is 53.0 Å². The van der Waals surface area contributed by atoms with Gasteiger partial charge in [0.15, 0.2) is 0 Å². The summed E-state index contributed by atoms with van der Waals surface area (Å²) in [7, 11) is 1.37. The Kier molecular flexibility index (Phi) is 6.60. The number of amides is 1. The van der Waals surface area contributed by atoms with Gasteiger partial charge < -0.3 is 5.32 Å². The molecule has 96 valence electrons. The summed E-state index contributed by atoms with van der Waals surface area (Å²) >= 11 is 0. The van der Waals surface area contributed by atoms with Crippen molar-refractivity contribution in [2.24, 2.45) is 5.41 Å². The van der Waals surface area contributed by atoms with Crippen molar-refractivity contribution in [3.05, 3.63) is 0 Å². The van der Waals surface area contributed by atoms with E-state index >= 15 is 0 Å². The third kappa shape index (κ3) is 5.47. The van der Waals surface area contributed by atoms with Crippen LogP contribution in [0.5, 0.6) is 0 Å². The lowest BCUT2D eigenvalue weighted by Crippen LogP contribution is -2.51. The lowest BCUT2D eigenvalue weighted by molar-refractivity contribution is -0.164. The Morgan fingerprint density at radius 3 is 2.31 bits per heavy atom. The van der Waals surface area contributed by atoms with Crippen molar-refractivity contribution in [1.29, 1.82) is 0 Å². The highest BCUT2D eigenvalue weighted by atomic mass is 16.5. The van der Waals surface area contributed by atoms with Gasteiger partial charge in [-0.15, -0.1) is 0 Å². The molecule has 0 fully saturated rings. The molecule has 0 saturated carbocycles. The molecule has 0 unspecified atom stereocenters. The number of unbranched alkanes of at least 4 members (excludes halogenated alkanes) is 2. The number of hydrogen-bond acceptors (Lipinski definition) is 3. The van der Waals surface area contributed by atoms with Crippen LogP contribution in [0.15, 0.2) is 0 Å². The molecule has 0 spiro atoms. The van der Waals surface area contributed by atoms with E-state index in [-0.39, 0.29) is 17.4 Å². The molecule has 0 rings (SSSR count). The lowest BCUT2D eigenvalue weighted by atomic mass is 9.86. The summed E-state index contributed by atoms with van der Waals surface area (Å²) in [6.07, 6.45) is 3.38. The molecule has 0 aromatic carbocycles. The second kappa shape index (κ2) is 6.86. The van der Waals surface area contributed by atoms with Gasteiger partial charge in [-0.05, 0) is 18.4 Å². The highest BCUT2D eigenvalue weighted by molar-refractivity contribution is 5.81. The van der Waals surface area contributed by atoms with E-state index in [0.717, 1.165) is 25.8 Å². The van der Waals surface area contributed by atoms with Crippen molar-refractivity contribution in [2.75, 3.05) is 13.6 Å². The topological polar surface area (TPSA) is 52.6 Å². The molecule has 0 aliphatic rings. The summed E-state index contributed by atoms with van der Waals surface area (Å²) in [5.41, 5.74) is -0.194. The summed E-state index contributed by atoms with van der Waals surface area (Å²) in [5, 5.41) is 13.1. The van der Waals surface area contributed by atoms with Crippen molar-refractivity contribution in [1.82, 2.24) is 10.4 Å². The van der Waals surface area contributed by atoms with Crippen LogP contribution in [-0.2, 0) is 4.79 Å². The van der Waals surface area contributed by atoms with Crippen LogP contribution in [0.25, 0.3) is 0 Å². The van der Waals surface area contributed by atoms with Crippen molar-refractivity contribution in [3.63, 3.8) is 0 Å². The van der Waals surface area contributed by atoms with Gasteiger partial charge in [-0.2, -0.15) is 0 Å². The Hall–Kier alpha value is -0.610. The average Bonchev–Trinajstić information content (AvgIpc) is 2.14. The number of carbonyl (C=O) groups excluding carboxylic acids is 1. The maximum Gasteiger partial charge on any atom is 0.263 e. The van der Waals surface area contributed by atoms with E-state index in [0.29, 0.717) is 5.06 Å². The maximum atomic E-state index is 11.8. The molecule has 0 bridgehead atoms. The van der Waals surface area contributed by atoms with Crippen LogP contribution in [0.1, 0.15) is 47.0 Å². The van der Waals surface area contributed by atoms with Gasteiger partial charge in [0.05, 0.1) is 6.04 Å². The van der Waals surface area contributed by atoms with E-state index in [1.54, 1.807) is 0 Å². The Bertz CT molecular complexity index is 210. The molecule has 0 heterocycles. The van der Waals surface area contributed by atoms with Crippen LogP contribution in [-0.4, -0.2) is 35.8 Å². The highest BCUT2D eigenvalue weighted by Crippen LogP contribution is 2.20. The zero-order valence-electron chi connectivity index (χ0n) is 11.2. The molecular formula is C12H26N2O2. The van der Waals surface area contributed by atoms with Gasteiger partial charge in [0.25, 0.3) is 5.91 Å². The van der Waals surface area contributed by atoms with Crippen molar-refractivity contribution >= 4 is 5.91 Å². The van der Waals surface area contributed by atoms with Gasteiger partial charge in [0.2, 0.25) is 0 Å². The maximum absolute atomic E-state index is 11.8. The molecule has 0 aliphatic heterocycles. The second-order valence-corrected chi connectivity index (χ2v) is 5.32. The normalized spacial score (nSPS) is 13.6. The van der Waals surface area contributed by atoms with Crippen LogP contribution in [0.2, 0.25) is 0 Å². The van der Waals surface area contributed by atoms with Gasteiger partial charge in [0, 0.05) is 7.05 Å². The van der Waals surface area contributed by atoms with E-state index in [9.17, 15) is 10.0 Å². The third-order valence-electron chi connectivity index (χ3n) is 2.56. The number of hydroxylamine groups is 2. The average molecular weight is 230 g/mol. The summed E-state index contributed by atoms with van der Waals surface area (Å²) in [5.74, 6) is -0.274. The lowest BCUT2D eigenvalue weighted by Gasteiger charge is -2.31. The molecular weight excluding hydrogens is 204 g/mol. The van der Waals surface area contributed by atoms with Crippen LogP contribution < -0.4 is 5.32 Å². The molecule has 1 atom stereocenters. The van der Waals surface area contributed by atoms with Crippen LogP contribution in [0.4, 0.5) is 0 Å². The van der Waals surface area contributed by atoms with Gasteiger partial charge >= 0.3 is 0 Å². The van der Waals surface area contributed by atoms with Crippen LogP contribution in [0.3, 0.4) is 0 Å². The predicted molar refractivity (Wildman–Crippen MR) is 65.3 cm³/mol. The molecule has 0 aromatic heterocycles. The molecule has 0 radical (unpaired) electrons. The predicted octanol–water partition coefficient (Wildman–Crippen LogP) is 2.03. The number of hydrogen-bond donors (Lipinski definition) is 2. The minimum absolute atomic E-state index is 0.194. The number of likely N-dealkylation sites (N-methyl/N-ethyl adjacent to an activating group) is 1. The number of nitrogens with one attached hydrogen (secondary N) is 1. The first kappa shape index (κ1) is 15.4. The van der Waals surface area contributed by atoms with E-state index in [4.69, 9.17) is 0 Å². The minimum atomic E-state index is -0.334. The molecule has 16 heavy (non-hydrogen) atoms. The fraction of sp³-hybridized carbons (Fsp3) is 0.917. The Balaban J connectivity index is 4.29. The van der Waals surface area contributed by atoms with Gasteiger partial charge in [-0.25, -0.2) is 5.06 Å². The Morgan fingerprint density at radius 1 is 1.38 bits per heavy atom. The molecule has 4 heteroatoms. The summed E-state index contributed by atoms with van der Waals surface area (Å²) < 4.78 is 0. The van der Waals surface area contributed by atoms with E-state index in [1.807, 2.05) is 20.8 Å². The number of carbonyl (C=O) groups is 1. The first-order chi connectivity index (χ1) is 7.30. The minimum Gasteiger partial charge on any atom is -0.305 e. The smallest absolute Gasteiger partial charge is 0.263 e. The monoisotopic (exact) mass is 230 g/mol. The first-order valence-electron chi connectivity index (χ1n) is 6.00. The SMILES string of the molecule is CCCCCN[C@H](C(=O)N(C)O)C(C)(C)C. The fourth-order valence-electron chi connectivity index (χ4n) is 1.57. The second-order valence-electron chi connectivity index (χ2n) is 5.32. The van der Waals surface area contributed by atoms with E-state index < -0.39 is 0 Å². The van der Waals surface area contributed by atoms with E-state index in [2.05, 4.69) is 12.2 Å². The molecule has 2 N–H and O–H groups in total. The number of rotatable bonds is 6. The summed E-state index contributed by atoms with van der Waals surface area (Å²) in [4.78, 5) is 11.8. The van der Waals surface area contributed by atoms with Crippen LogP contribution in [0, 0.1) is 5.41 Å². The number of nitrogens with zero attached hydrogens (tertiary/aromatic N) is 1. The molecule has 0 aromatic rings. The largest absolute Gasteiger partial charge is 0.305 e. The molecule has 0 saturated heterocycles. The zero-order chi connectivity index (χ0) is 12.8. The van der Waals surface area contributed by atoms with Gasteiger partial charge in [0.1, 0.15) is 0 Å². The Labute approximate surface area is 99.0 Å². The molecule has 4 nitrogen and oxygen atoms in total. The Morgan fingerprint density at radius 2 is 1.94 bits per heavy atom.